The molecule has 0 saturated heterocycles. The number of rotatable bonds is 3. The highest BCUT2D eigenvalue weighted by molar-refractivity contribution is 8.00. The molecule has 1 nitrogen and oxygen atoms in total. The lowest BCUT2D eigenvalue weighted by molar-refractivity contribution is 0.393. The molecule has 0 radical (unpaired) electrons. The van der Waals surface area contributed by atoms with Crippen molar-refractivity contribution >= 4 is 11.8 Å². The molecular formula is C11H23NS. The molecule has 78 valence electrons. The van der Waals surface area contributed by atoms with Gasteiger partial charge in [0.25, 0.3) is 0 Å². The highest BCUT2D eigenvalue weighted by Gasteiger charge is 2.22. The third kappa shape index (κ3) is 3.90. The van der Waals surface area contributed by atoms with Gasteiger partial charge in [-0.05, 0) is 25.7 Å². The van der Waals surface area contributed by atoms with Crippen LogP contribution in [0.3, 0.4) is 0 Å². The first-order valence-electron chi connectivity index (χ1n) is 5.50. The van der Waals surface area contributed by atoms with E-state index >= 15 is 0 Å². The van der Waals surface area contributed by atoms with E-state index < -0.39 is 0 Å². The SMILES string of the molecule is CC1CCCC(SC(C)C(C)N)C1. The minimum atomic E-state index is 0.335. The number of thioether (sulfide) groups is 1. The Hall–Kier alpha value is 0.310. The second-order valence-electron chi connectivity index (χ2n) is 4.59. The molecule has 2 N–H and O–H groups in total. The second-order valence-corrected chi connectivity index (χ2v) is 6.28. The fraction of sp³-hybridized carbons (Fsp3) is 1.00. The molecule has 4 unspecified atom stereocenters. The predicted octanol–water partition coefficient (Wildman–Crippen LogP) is 3.03. The average molecular weight is 201 g/mol. The van der Waals surface area contributed by atoms with Crippen molar-refractivity contribution in [2.45, 2.75) is 63.0 Å². The smallest absolute Gasteiger partial charge is 0.0170 e. The Bertz CT molecular complexity index is 147. The third-order valence-electron chi connectivity index (χ3n) is 3.04. The third-order valence-corrected chi connectivity index (χ3v) is 4.71. The molecule has 13 heavy (non-hydrogen) atoms. The highest BCUT2D eigenvalue weighted by atomic mass is 32.2. The van der Waals surface area contributed by atoms with Gasteiger partial charge in [-0.1, -0.05) is 26.7 Å². The van der Waals surface area contributed by atoms with Gasteiger partial charge in [-0.2, -0.15) is 11.8 Å². The minimum absolute atomic E-state index is 0.335. The zero-order chi connectivity index (χ0) is 9.84. The van der Waals surface area contributed by atoms with E-state index in [2.05, 4.69) is 32.5 Å². The molecule has 1 aliphatic carbocycles. The molecule has 1 fully saturated rings. The first-order chi connectivity index (χ1) is 6.09. The maximum Gasteiger partial charge on any atom is 0.0170 e. The second kappa shape index (κ2) is 5.26. The molecule has 0 aromatic heterocycles. The van der Waals surface area contributed by atoms with Gasteiger partial charge in [-0.3, -0.25) is 0 Å². The summed E-state index contributed by atoms with van der Waals surface area (Å²) in [5, 5.41) is 1.50. The van der Waals surface area contributed by atoms with Crippen molar-refractivity contribution < 1.29 is 0 Å². The normalized spacial score (nSPS) is 34.2. The lowest BCUT2D eigenvalue weighted by Crippen LogP contribution is -2.29. The van der Waals surface area contributed by atoms with Gasteiger partial charge < -0.3 is 5.73 Å². The molecule has 4 atom stereocenters. The Morgan fingerprint density at radius 1 is 1.31 bits per heavy atom. The molecule has 0 amide bonds. The van der Waals surface area contributed by atoms with Gasteiger partial charge in [0.1, 0.15) is 0 Å². The van der Waals surface area contributed by atoms with Crippen molar-refractivity contribution in [3.63, 3.8) is 0 Å². The molecule has 1 aliphatic rings. The van der Waals surface area contributed by atoms with Crippen LogP contribution in [0, 0.1) is 5.92 Å². The lowest BCUT2D eigenvalue weighted by Gasteiger charge is -2.29. The maximum atomic E-state index is 5.87. The quantitative estimate of drug-likeness (QED) is 0.759. The van der Waals surface area contributed by atoms with Crippen LogP contribution in [0.2, 0.25) is 0 Å². The van der Waals surface area contributed by atoms with E-state index in [0.717, 1.165) is 11.2 Å². The summed E-state index contributed by atoms with van der Waals surface area (Å²) in [4.78, 5) is 0. The van der Waals surface area contributed by atoms with Crippen LogP contribution in [0.5, 0.6) is 0 Å². The van der Waals surface area contributed by atoms with Crippen LogP contribution in [-0.4, -0.2) is 16.5 Å². The molecule has 0 aromatic carbocycles. The van der Waals surface area contributed by atoms with Crippen molar-refractivity contribution in [3.05, 3.63) is 0 Å². The summed E-state index contributed by atoms with van der Waals surface area (Å²) in [6.45, 7) is 6.75. The fourth-order valence-corrected chi connectivity index (χ4v) is 3.53. The van der Waals surface area contributed by atoms with Gasteiger partial charge in [0, 0.05) is 16.5 Å². The molecule has 0 heterocycles. The van der Waals surface area contributed by atoms with Gasteiger partial charge in [-0.25, -0.2) is 0 Å². The average Bonchev–Trinajstić information content (AvgIpc) is 2.04. The van der Waals surface area contributed by atoms with Crippen molar-refractivity contribution in [2.75, 3.05) is 0 Å². The van der Waals surface area contributed by atoms with E-state index in [1.807, 2.05) is 0 Å². The van der Waals surface area contributed by atoms with Crippen LogP contribution in [0.15, 0.2) is 0 Å². The summed E-state index contributed by atoms with van der Waals surface area (Å²) in [6.07, 6.45) is 5.67. The van der Waals surface area contributed by atoms with Crippen LogP contribution in [0.25, 0.3) is 0 Å². The topological polar surface area (TPSA) is 26.0 Å². The van der Waals surface area contributed by atoms with Gasteiger partial charge in [-0.15, -0.1) is 0 Å². The van der Waals surface area contributed by atoms with Gasteiger partial charge in [0.05, 0.1) is 0 Å². The molecule has 0 bridgehead atoms. The van der Waals surface area contributed by atoms with Crippen LogP contribution >= 0.6 is 11.8 Å². The molecule has 1 saturated carbocycles. The maximum absolute atomic E-state index is 5.87. The molecule has 2 heteroatoms. The number of hydrogen-bond acceptors (Lipinski definition) is 2. The fourth-order valence-electron chi connectivity index (χ4n) is 1.93. The van der Waals surface area contributed by atoms with E-state index in [4.69, 9.17) is 5.73 Å². The monoisotopic (exact) mass is 201 g/mol. The molecule has 0 aliphatic heterocycles. The molecule has 0 spiro atoms. The van der Waals surface area contributed by atoms with Crippen LogP contribution in [-0.2, 0) is 0 Å². The van der Waals surface area contributed by atoms with E-state index in [1.165, 1.54) is 25.7 Å². The summed E-state index contributed by atoms with van der Waals surface area (Å²) in [7, 11) is 0. The van der Waals surface area contributed by atoms with Crippen molar-refractivity contribution in [1.29, 1.82) is 0 Å². The van der Waals surface area contributed by atoms with Gasteiger partial charge >= 0.3 is 0 Å². The summed E-state index contributed by atoms with van der Waals surface area (Å²) < 4.78 is 0. The standard InChI is InChI=1S/C11H23NS/c1-8-5-4-6-11(7-8)13-10(3)9(2)12/h8-11H,4-7,12H2,1-3H3. The van der Waals surface area contributed by atoms with Crippen molar-refractivity contribution in [2.24, 2.45) is 11.7 Å². The Labute approximate surface area is 86.8 Å². The van der Waals surface area contributed by atoms with Gasteiger partial charge in [0.15, 0.2) is 0 Å². The Kier molecular flexibility index (Phi) is 4.60. The summed E-state index contributed by atoms with van der Waals surface area (Å²) in [5.41, 5.74) is 5.87. The van der Waals surface area contributed by atoms with E-state index in [9.17, 15) is 0 Å². The Balaban J connectivity index is 2.27. The largest absolute Gasteiger partial charge is 0.327 e. The van der Waals surface area contributed by atoms with E-state index in [0.29, 0.717) is 11.3 Å². The first-order valence-corrected chi connectivity index (χ1v) is 6.45. The lowest BCUT2D eigenvalue weighted by atomic mass is 9.91. The predicted molar refractivity (Wildman–Crippen MR) is 62.1 cm³/mol. The van der Waals surface area contributed by atoms with Crippen molar-refractivity contribution in [1.82, 2.24) is 0 Å². The Morgan fingerprint density at radius 3 is 2.54 bits per heavy atom. The Morgan fingerprint density at radius 2 is 2.00 bits per heavy atom. The summed E-state index contributed by atoms with van der Waals surface area (Å²) in [6, 6.07) is 0.335. The van der Waals surface area contributed by atoms with Crippen LogP contribution in [0.4, 0.5) is 0 Å². The minimum Gasteiger partial charge on any atom is -0.327 e. The van der Waals surface area contributed by atoms with E-state index in [1.54, 1.807) is 0 Å². The summed E-state index contributed by atoms with van der Waals surface area (Å²) in [5.74, 6) is 0.937. The van der Waals surface area contributed by atoms with Crippen LogP contribution < -0.4 is 5.73 Å². The zero-order valence-corrected chi connectivity index (χ0v) is 9.94. The van der Waals surface area contributed by atoms with Crippen molar-refractivity contribution in [3.8, 4) is 0 Å². The van der Waals surface area contributed by atoms with Crippen LogP contribution in [0.1, 0.15) is 46.5 Å². The highest BCUT2D eigenvalue weighted by Crippen LogP contribution is 2.34. The number of nitrogens with two attached hydrogens (primary N) is 1. The summed E-state index contributed by atoms with van der Waals surface area (Å²) >= 11 is 2.11. The molecule has 0 aromatic rings. The van der Waals surface area contributed by atoms with E-state index in [-0.39, 0.29) is 0 Å². The number of hydrogen-bond donors (Lipinski definition) is 1. The van der Waals surface area contributed by atoms with Gasteiger partial charge in [0.2, 0.25) is 0 Å². The molecular weight excluding hydrogens is 178 g/mol. The zero-order valence-electron chi connectivity index (χ0n) is 9.12. The molecule has 1 rings (SSSR count). The first kappa shape index (κ1) is 11.4.